The third-order valence-electron chi connectivity index (χ3n) is 5.26. The van der Waals surface area contributed by atoms with Gasteiger partial charge in [-0.15, -0.1) is 0 Å². The fraction of sp³-hybridized carbons (Fsp3) is 0.850. The van der Waals surface area contributed by atoms with Gasteiger partial charge < -0.3 is 24.1 Å². The van der Waals surface area contributed by atoms with Gasteiger partial charge in [-0.1, -0.05) is 39.0 Å². The van der Waals surface area contributed by atoms with E-state index in [0.717, 1.165) is 51.4 Å². The van der Waals surface area contributed by atoms with Crippen LogP contribution in [-0.4, -0.2) is 47.8 Å². The number of cyclic esters (lactones) is 4. The molecule has 2 rings (SSSR count). The zero-order valence-electron chi connectivity index (χ0n) is 16.6. The summed E-state index contributed by atoms with van der Waals surface area (Å²) < 4.78 is 21.1. The smallest absolute Gasteiger partial charge is 0.481 e. The molecule has 2 aliphatic rings. The third kappa shape index (κ3) is 7.56. The Bertz CT molecular complexity index is 520. The van der Waals surface area contributed by atoms with Gasteiger partial charge in [0.2, 0.25) is 0 Å². The second-order valence-electron chi connectivity index (χ2n) is 7.56. The van der Waals surface area contributed by atoms with Gasteiger partial charge in [0.25, 0.3) is 0 Å². The van der Waals surface area contributed by atoms with Crippen molar-refractivity contribution >= 4 is 18.3 Å². The highest BCUT2D eigenvalue weighted by Gasteiger charge is 2.44. The normalized spacial score (nSPS) is 26.5. The first kappa shape index (κ1) is 22.3. The van der Waals surface area contributed by atoms with Crippen molar-refractivity contribution in [1.29, 1.82) is 0 Å². The van der Waals surface area contributed by atoms with E-state index in [0.29, 0.717) is 19.3 Å². The molecular formula is C20H32O8. The van der Waals surface area contributed by atoms with Crippen LogP contribution in [0.3, 0.4) is 0 Å². The monoisotopic (exact) mass is 400 g/mol. The zero-order valence-corrected chi connectivity index (χ0v) is 16.6. The fourth-order valence-electron chi connectivity index (χ4n) is 3.72. The summed E-state index contributed by atoms with van der Waals surface area (Å²) in [7, 11) is 0. The van der Waals surface area contributed by atoms with Crippen molar-refractivity contribution in [3.05, 3.63) is 0 Å². The maximum atomic E-state index is 11.6. The van der Waals surface area contributed by atoms with Gasteiger partial charge in [0.1, 0.15) is 24.4 Å². The molecular weight excluding hydrogens is 368 g/mol. The predicted molar refractivity (Wildman–Crippen MR) is 99.0 cm³/mol. The van der Waals surface area contributed by atoms with Gasteiger partial charge in [-0.3, -0.25) is 4.79 Å². The van der Waals surface area contributed by atoms with E-state index in [1.54, 1.807) is 0 Å². The molecule has 0 radical (unpaired) electrons. The molecule has 8 nitrogen and oxygen atoms in total. The largest absolute Gasteiger partial charge is 0.509 e. The average molecular weight is 400 g/mol. The number of hydrogen-bond acceptors (Lipinski definition) is 7. The molecule has 160 valence electrons. The number of carbonyl (C=O) groups excluding carboxylic acids is 2. The molecule has 0 saturated carbocycles. The maximum absolute atomic E-state index is 11.6. The van der Waals surface area contributed by atoms with Gasteiger partial charge in [-0.25, -0.2) is 9.59 Å². The van der Waals surface area contributed by atoms with Crippen molar-refractivity contribution in [1.82, 2.24) is 0 Å². The minimum atomic E-state index is -0.762. The molecule has 1 N–H and O–H groups in total. The highest BCUT2D eigenvalue weighted by atomic mass is 16.8. The summed E-state index contributed by atoms with van der Waals surface area (Å²) in [5.41, 5.74) is 0. The number of hydrogen-bond donors (Lipinski definition) is 1. The topological polar surface area (TPSA) is 108 Å². The molecule has 0 aromatic heterocycles. The molecule has 2 aliphatic heterocycles. The fourth-order valence-corrected chi connectivity index (χ4v) is 3.72. The summed E-state index contributed by atoms with van der Waals surface area (Å²) in [5, 5.41) is 8.62. The first-order chi connectivity index (χ1) is 13.5. The lowest BCUT2D eigenvalue weighted by molar-refractivity contribution is -0.137. The second kappa shape index (κ2) is 11.8. The van der Waals surface area contributed by atoms with Crippen molar-refractivity contribution in [2.45, 2.75) is 108 Å². The molecule has 2 saturated heterocycles. The van der Waals surface area contributed by atoms with Crippen LogP contribution in [0, 0.1) is 0 Å². The number of unbranched alkanes of at least 4 members (excludes halogenated alkanes) is 6. The number of carbonyl (C=O) groups is 3. The minimum absolute atomic E-state index is 0.206. The summed E-state index contributed by atoms with van der Waals surface area (Å²) in [5.74, 6) is -0.762. The maximum Gasteiger partial charge on any atom is 0.509 e. The van der Waals surface area contributed by atoms with Crippen molar-refractivity contribution in [2.24, 2.45) is 0 Å². The number of carboxylic acid groups (broad SMARTS) is 1. The van der Waals surface area contributed by atoms with Crippen LogP contribution in [-0.2, 0) is 23.7 Å². The van der Waals surface area contributed by atoms with Crippen molar-refractivity contribution in [3.8, 4) is 0 Å². The van der Waals surface area contributed by atoms with E-state index in [-0.39, 0.29) is 18.6 Å². The second-order valence-corrected chi connectivity index (χ2v) is 7.56. The van der Waals surface area contributed by atoms with E-state index >= 15 is 0 Å². The lowest BCUT2D eigenvalue weighted by atomic mass is 9.96. The van der Waals surface area contributed by atoms with Gasteiger partial charge in [0, 0.05) is 12.8 Å². The summed E-state index contributed by atoms with van der Waals surface area (Å²) in [6.07, 6.45) is 6.62. The van der Waals surface area contributed by atoms with E-state index in [4.69, 9.17) is 24.1 Å². The summed E-state index contributed by atoms with van der Waals surface area (Å²) in [6, 6.07) is 0. The first-order valence-electron chi connectivity index (χ1n) is 10.5. The Balaban J connectivity index is 1.72. The van der Waals surface area contributed by atoms with Crippen molar-refractivity contribution in [3.63, 3.8) is 0 Å². The zero-order chi connectivity index (χ0) is 20.4. The Hall–Kier alpha value is -1.99. The molecule has 28 heavy (non-hydrogen) atoms. The van der Waals surface area contributed by atoms with Crippen LogP contribution in [0.2, 0.25) is 0 Å². The molecule has 4 unspecified atom stereocenters. The van der Waals surface area contributed by atoms with E-state index in [9.17, 15) is 14.4 Å². The molecule has 0 aliphatic carbocycles. The molecule has 8 heteroatoms. The van der Waals surface area contributed by atoms with E-state index in [1.165, 1.54) is 0 Å². The Labute approximate surface area is 165 Å². The molecule has 4 atom stereocenters. The van der Waals surface area contributed by atoms with Gasteiger partial charge in [-0.2, -0.15) is 0 Å². The molecule has 2 fully saturated rings. The summed E-state index contributed by atoms with van der Waals surface area (Å²) in [4.78, 5) is 33.6. The average Bonchev–Trinajstić information content (AvgIpc) is 3.16. The number of carboxylic acids is 1. The minimum Gasteiger partial charge on any atom is -0.481 e. The van der Waals surface area contributed by atoms with Crippen LogP contribution in [0.25, 0.3) is 0 Å². The standard InChI is InChI=1S/C20H32O8/c1-2-3-7-10-14-16(27-19(23)25-14)13-17-15(26-20(24)28-17)11-8-5-4-6-9-12-18(21)22/h14-17H,2-13H2,1H3,(H,21,22). The Kier molecular flexibility index (Phi) is 9.37. The summed E-state index contributed by atoms with van der Waals surface area (Å²) >= 11 is 0. The quantitative estimate of drug-likeness (QED) is 0.333. The SMILES string of the molecule is CCCCCC1OC(=O)OC1CC1OC(=O)OC1CCCCCCCC(=O)O. The lowest BCUT2D eigenvalue weighted by Gasteiger charge is -2.20. The molecule has 0 spiro atoms. The van der Waals surface area contributed by atoms with Crippen LogP contribution >= 0.6 is 0 Å². The first-order valence-corrected chi connectivity index (χ1v) is 10.5. The van der Waals surface area contributed by atoms with Gasteiger partial charge in [-0.05, 0) is 32.1 Å². The van der Waals surface area contributed by atoms with Crippen LogP contribution < -0.4 is 0 Å². The molecule has 0 aromatic rings. The van der Waals surface area contributed by atoms with Gasteiger partial charge in [0.15, 0.2) is 0 Å². The number of aliphatic carboxylic acids is 1. The molecule has 2 heterocycles. The van der Waals surface area contributed by atoms with E-state index in [1.807, 2.05) is 0 Å². The van der Waals surface area contributed by atoms with Crippen LogP contribution in [0.5, 0.6) is 0 Å². The Morgan fingerprint density at radius 3 is 1.75 bits per heavy atom. The lowest BCUT2D eigenvalue weighted by Crippen LogP contribution is -2.32. The molecule has 0 amide bonds. The predicted octanol–water partition coefficient (Wildman–Crippen LogP) is 4.58. The highest BCUT2D eigenvalue weighted by Crippen LogP contribution is 2.30. The third-order valence-corrected chi connectivity index (χ3v) is 5.26. The van der Waals surface area contributed by atoms with Crippen LogP contribution in [0.15, 0.2) is 0 Å². The van der Waals surface area contributed by atoms with E-state index in [2.05, 4.69) is 6.92 Å². The van der Waals surface area contributed by atoms with Gasteiger partial charge >= 0.3 is 18.3 Å². The van der Waals surface area contributed by atoms with Crippen molar-refractivity contribution < 1.29 is 38.4 Å². The number of rotatable bonds is 14. The Morgan fingerprint density at radius 2 is 1.21 bits per heavy atom. The highest BCUT2D eigenvalue weighted by molar-refractivity contribution is 5.66. The van der Waals surface area contributed by atoms with Crippen molar-refractivity contribution in [2.75, 3.05) is 0 Å². The summed E-state index contributed by atoms with van der Waals surface area (Å²) in [6.45, 7) is 2.11. The Morgan fingerprint density at radius 1 is 0.750 bits per heavy atom. The molecule has 0 aromatic carbocycles. The van der Waals surface area contributed by atoms with Crippen LogP contribution in [0.1, 0.15) is 84.0 Å². The molecule has 0 bridgehead atoms. The van der Waals surface area contributed by atoms with E-state index < -0.39 is 30.5 Å². The van der Waals surface area contributed by atoms with Gasteiger partial charge in [0.05, 0.1) is 0 Å². The number of ether oxygens (including phenoxy) is 4. The van der Waals surface area contributed by atoms with Crippen LogP contribution in [0.4, 0.5) is 9.59 Å².